The number of hydrogen-bond acceptors (Lipinski definition) is 2. The van der Waals surface area contributed by atoms with E-state index in [2.05, 4.69) is 56.9 Å². The molecule has 2 aromatic rings. The maximum atomic E-state index is 4.60. The van der Waals surface area contributed by atoms with Gasteiger partial charge in [0.05, 0.1) is 5.69 Å². The molecule has 2 heterocycles. The quantitative estimate of drug-likeness (QED) is 0.785. The van der Waals surface area contributed by atoms with Gasteiger partial charge in [0.25, 0.3) is 0 Å². The van der Waals surface area contributed by atoms with Crippen molar-refractivity contribution in [3.8, 4) is 0 Å². The molecule has 0 fully saturated rings. The Kier molecular flexibility index (Phi) is 3.46. The highest BCUT2D eigenvalue weighted by molar-refractivity contribution is 9.09. The van der Waals surface area contributed by atoms with E-state index in [1.165, 1.54) is 5.69 Å². The van der Waals surface area contributed by atoms with Gasteiger partial charge in [-0.3, -0.25) is 4.40 Å². The second-order valence-electron chi connectivity index (χ2n) is 4.19. The molecule has 1 atom stereocenters. The lowest BCUT2D eigenvalue weighted by molar-refractivity contribution is 0.424. The predicted molar refractivity (Wildman–Crippen MR) is 68.9 cm³/mol. The summed E-state index contributed by atoms with van der Waals surface area (Å²) in [5.74, 6) is 1.37. The van der Waals surface area contributed by atoms with Gasteiger partial charge >= 0.3 is 0 Å². The third kappa shape index (κ3) is 2.42. The van der Waals surface area contributed by atoms with Crippen LogP contribution in [0.5, 0.6) is 0 Å². The van der Waals surface area contributed by atoms with Crippen LogP contribution in [0.1, 0.15) is 19.5 Å². The van der Waals surface area contributed by atoms with Crippen molar-refractivity contribution in [1.82, 2.24) is 9.38 Å². The molecule has 82 valence electrons. The zero-order chi connectivity index (χ0) is 10.8. The topological polar surface area (TPSA) is 17.3 Å². The Bertz CT molecular complexity index is 404. The van der Waals surface area contributed by atoms with Crippen LogP contribution in [0.25, 0.3) is 4.96 Å². The summed E-state index contributed by atoms with van der Waals surface area (Å²) in [4.78, 5) is 5.70. The molecule has 2 rings (SSSR count). The van der Waals surface area contributed by atoms with Gasteiger partial charge < -0.3 is 0 Å². The minimum Gasteiger partial charge on any atom is -0.297 e. The van der Waals surface area contributed by atoms with E-state index >= 15 is 0 Å². The summed E-state index contributed by atoms with van der Waals surface area (Å²) in [6.45, 7) is 4.54. The van der Waals surface area contributed by atoms with Crippen molar-refractivity contribution in [2.24, 2.45) is 11.8 Å². The molecule has 0 saturated heterocycles. The van der Waals surface area contributed by atoms with Crippen molar-refractivity contribution in [3.63, 3.8) is 0 Å². The lowest BCUT2D eigenvalue weighted by atomic mass is 9.93. The maximum absolute atomic E-state index is 4.60. The summed E-state index contributed by atoms with van der Waals surface area (Å²) in [6, 6.07) is 0. The van der Waals surface area contributed by atoms with Crippen molar-refractivity contribution in [1.29, 1.82) is 0 Å². The third-order valence-corrected chi connectivity index (χ3v) is 4.36. The molecule has 0 radical (unpaired) electrons. The summed E-state index contributed by atoms with van der Waals surface area (Å²) in [7, 11) is 0. The first-order valence-electron chi connectivity index (χ1n) is 5.17. The number of alkyl halides is 1. The molecule has 2 nitrogen and oxygen atoms in total. The van der Waals surface area contributed by atoms with E-state index in [0.29, 0.717) is 11.8 Å². The molecular weight excluding hydrogens is 272 g/mol. The van der Waals surface area contributed by atoms with Gasteiger partial charge in [-0.2, -0.15) is 0 Å². The van der Waals surface area contributed by atoms with Crippen LogP contribution < -0.4 is 0 Å². The number of hydrogen-bond donors (Lipinski definition) is 0. The number of halogens is 1. The molecular formula is C11H15BrN2S. The van der Waals surface area contributed by atoms with Gasteiger partial charge in [0.1, 0.15) is 0 Å². The van der Waals surface area contributed by atoms with Crippen LogP contribution in [0.3, 0.4) is 0 Å². The van der Waals surface area contributed by atoms with Crippen molar-refractivity contribution in [2.75, 3.05) is 5.33 Å². The molecule has 0 aliphatic carbocycles. The monoisotopic (exact) mass is 286 g/mol. The molecule has 0 aromatic carbocycles. The molecule has 0 amide bonds. The Hall–Kier alpha value is -0.350. The first kappa shape index (κ1) is 11.1. The van der Waals surface area contributed by atoms with E-state index in [9.17, 15) is 0 Å². The minimum atomic E-state index is 0.676. The number of nitrogens with zero attached hydrogens (tertiary/aromatic N) is 2. The van der Waals surface area contributed by atoms with E-state index in [0.717, 1.165) is 16.7 Å². The fraction of sp³-hybridized carbons (Fsp3) is 0.545. The molecule has 0 N–H and O–H groups in total. The summed E-state index contributed by atoms with van der Waals surface area (Å²) < 4.78 is 2.10. The number of thiazole rings is 1. The van der Waals surface area contributed by atoms with Gasteiger partial charge in [-0.25, -0.2) is 4.98 Å². The number of aromatic nitrogens is 2. The molecule has 0 spiro atoms. The number of rotatable bonds is 4. The van der Waals surface area contributed by atoms with Crippen LogP contribution in [0.4, 0.5) is 0 Å². The summed E-state index contributed by atoms with van der Waals surface area (Å²) in [5, 5.41) is 3.12. The van der Waals surface area contributed by atoms with Gasteiger partial charge in [-0.15, -0.1) is 11.3 Å². The molecule has 4 heteroatoms. The highest BCUT2D eigenvalue weighted by Gasteiger charge is 2.14. The van der Waals surface area contributed by atoms with Gasteiger partial charge in [0.15, 0.2) is 4.96 Å². The molecule has 2 aromatic heterocycles. The lowest BCUT2D eigenvalue weighted by Crippen LogP contribution is -2.13. The van der Waals surface area contributed by atoms with Gasteiger partial charge in [0, 0.05) is 23.1 Å². The van der Waals surface area contributed by atoms with Crippen LogP contribution in [-0.2, 0) is 6.42 Å². The molecule has 0 aliphatic heterocycles. The summed E-state index contributed by atoms with van der Waals surface area (Å²) in [6.07, 6.45) is 5.27. The largest absolute Gasteiger partial charge is 0.297 e. The average Bonchev–Trinajstić information content (AvgIpc) is 2.72. The van der Waals surface area contributed by atoms with E-state index in [4.69, 9.17) is 0 Å². The summed E-state index contributed by atoms with van der Waals surface area (Å²) in [5.41, 5.74) is 1.21. The van der Waals surface area contributed by atoms with Crippen molar-refractivity contribution < 1.29 is 0 Å². The van der Waals surface area contributed by atoms with Crippen LogP contribution in [0.15, 0.2) is 17.8 Å². The zero-order valence-electron chi connectivity index (χ0n) is 8.98. The second kappa shape index (κ2) is 4.66. The smallest absolute Gasteiger partial charge is 0.193 e. The highest BCUT2D eigenvalue weighted by atomic mass is 79.9. The van der Waals surface area contributed by atoms with Crippen LogP contribution in [0.2, 0.25) is 0 Å². The van der Waals surface area contributed by atoms with Crippen LogP contribution in [-0.4, -0.2) is 14.7 Å². The standard InChI is InChI=1S/C11H15BrN2S/c1-8(2)9(6-12)5-10-7-14-3-4-15-11(14)13-10/h3-4,7-9H,5-6H2,1-2H3. The van der Waals surface area contributed by atoms with E-state index in [1.807, 2.05) is 0 Å². The minimum absolute atomic E-state index is 0.676. The highest BCUT2D eigenvalue weighted by Crippen LogP contribution is 2.20. The zero-order valence-corrected chi connectivity index (χ0v) is 11.4. The SMILES string of the molecule is CC(C)C(CBr)Cc1cn2ccsc2n1. The van der Waals surface area contributed by atoms with E-state index < -0.39 is 0 Å². The second-order valence-corrected chi connectivity index (χ2v) is 5.71. The fourth-order valence-electron chi connectivity index (χ4n) is 1.61. The fourth-order valence-corrected chi connectivity index (χ4v) is 3.31. The van der Waals surface area contributed by atoms with E-state index in [1.54, 1.807) is 11.3 Å². The van der Waals surface area contributed by atoms with Crippen LogP contribution in [0, 0.1) is 11.8 Å². The molecule has 1 unspecified atom stereocenters. The predicted octanol–water partition coefficient (Wildman–Crippen LogP) is 3.61. The molecule has 0 bridgehead atoms. The maximum Gasteiger partial charge on any atom is 0.193 e. The normalized spacial score (nSPS) is 13.9. The average molecular weight is 287 g/mol. The Morgan fingerprint density at radius 2 is 2.33 bits per heavy atom. The van der Waals surface area contributed by atoms with Gasteiger partial charge in [-0.05, 0) is 18.3 Å². The summed E-state index contributed by atoms with van der Waals surface area (Å²) >= 11 is 5.27. The first-order valence-corrected chi connectivity index (χ1v) is 7.18. The Morgan fingerprint density at radius 3 is 2.93 bits per heavy atom. The Morgan fingerprint density at radius 1 is 1.53 bits per heavy atom. The first-order chi connectivity index (χ1) is 7.20. The van der Waals surface area contributed by atoms with Crippen molar-refractivity contribution >= 4 is 32.2 Å². The molecule has 15 heavy (non-hydrogen) atoms. The molecule has 0 saturated carbocycles. The number of imidazole rings is 1. The number of fused-ring (bicyclic) bond motifs is 1. The lowest BCUT2D eigenvalue weighted by Gasteiger charge is -2.16. The van der Waals surface area contributed by atoms with E-state index in [-0.39, 0.29) is 0 Å². The van der Waals surface area contributed by atoms with Crippen LogP contribution >= 0.6 is 27.3 Å². The van der Waals surface area contributed by atoms with Gasteiger partial charge in [0.2, 0.25) is 0 Å². The molecule has 0 aliphatic rings. The van der Waals surface area contributed by atoms with Crippen molar-refractivity contribution in [2.45, 2.75) is 20.3 Å². The third-order valence-electron chi connectivity index (χ3n) is 2.76. The van der Waals surface area contributed by atoms with Crippen molar-refractivity contribution in [3.05, 3.63) is 23.5 Å². The Labute approximate surface area is 102 Å². The Balaban J connectivity index is 2.14. The van der Waals surface area contributed by atoms with Gasteiger partial charge in [-0.1, -0.05) is 29.8 Å².